The minimum Gasteiger partial charge on any atom is -0.423 e. The van der Waals surface area contributed by atoms with Crippen molar-refractivity contribution in [1.82, 2.24) is 20.6 Å². The normalized spacial score (nSPS) is 10.3. The van der Waals surface area contributed by atoms with E-state index in [0.29, 0.717) is 17.1 Å². The first kappa shape index (κ1) is 13.4. The molecule has 0 fully saturated rings. The molecule has 0 radical (unpaired) electrons. The Labute approximate surface area is 128 Å². The Morgan fingerprint density at radius 1 is 1.14 bits per heavy atom. The highest BCUT2D eigenvalue weighted by molar-refractivity contribution is 9.10. The summed E-state index contributed by atoms with van der Waals surface area (Å²) in [6.45, 7) is 0. The number of nitrogens with one attached hydrogen (secondary N) is 1. The van der Waals surface area contributed by atoms with Gasteiger partial charge in [-0.05, 0) is 35.5 Å². The molecule has 3 rings (SSSR count). The molecule has 0 unspecified atom stereocenters. The molecule has 0 saturated carbocycles. The summed E-state index contributed by atoms with van der Waals surface area (Å²) >= 11 is 3.33. The average molecular weight is 345 g/mol. The minimum atomic E-state index is -0.423. The van der Waals surface area contributed by atoms with Crippen LogP contribution in [0.3, 0.4) is 0 Å². The minimum absolute atomic E-state index is 0.423. The zero-order chi connectivity index (χ0) is 14.7. The van der Waals surface area contributed by atoms with Crippen LogP contribution in [0.2, 0.25) is 0 Å². The van der Waals surface area contributed by atoms with Crippen molar-refractivity contribution in [3.05, 3.63) is 58.6 Å². The van der Waals surface area contributed by atoms with Crippen molar-refractivity contribution in [3.8, 4) is 17.1 Å². The van der Waals surface area contributed by atoms with Crippen molar-refractivity contribution in [2.24, 2.45) is 0 Å². The Hall–Kier alpha value is -2.54. The predicted molar refractivity (Wildman–Crippen MR) is 78.7 cm³/mol. The summed E-state index contributed by atoms with van der Waals surface area (Å²) in [6.07, 6.45) is 0. The molecule has 6 nitrogen and oxygen atoms in total. The van der Waals surface area contributed by atoms with Gasteiger partial charge in [-0.1, -0.05) is 34.1 Å². The Morgan fingerprint density at radius 3 is 2.62 bits per heavy atom. The van der Waals surface area contributed by atoms with Crippen molar-refractivity contribution in [1.29, 1.82) is 0 Å². The van der Waals surface area contributed by atoms with E-state index in [9.17, 15) is 4.79 Å². The largest absolute Gasteiger partial charge is 0.423 e. The number of H-pyrrole nitrogens is 1. The third kappa shape index (κ3) is 3.14. The third-order valence-corrected chi connectivity index (χ3v) is 3.22. The van der Waals surface area contributed by atoms with Crippen LogP contribution in [0.15, 0.2) is 53.0 Å². The van der Waals surface area contributed by atoms with E-state index in [0.717, 1.165) is 10.0 Å². The Balaban J connectivity index is 1.76. The van der Waals surface area contributed by atoms with Gasteiger partial charge in [0.2, 0.25) is 5.82 Å². The summed E-state index contributed by atoms with van der Waals surface area (Å²) < 4.78 is 6.14. The number of esters is 1. The predicted octanol–water partition coefficient (Wildman–Crippen LogP) is 2.85. The number of halogens is 1. The van der Waals surface area contributed by atoms with E-state index in [1.807, 2.05) is 6.07 Å². The lowest BCUT2D eigenvalue weighted by Crippen LogP contribution is -2.08. The highest BCUT2D eigenvalue weighted by Gasteiger charge is 2.10. The molecule has 0 aliphatic carbocycles. The fourth-order valence-corrected chi connectivity index (χ4v) is 2.11. The summed E-state index contributed by atoms with van der Waals surface area (Å²) in [6, 6.07) is 13.9. The number of carbonyl (C=O) groups is 1. The van der Waals surface area contributed by atoms with Gasteiger partial charge in [-0.25, -0.2) is 4.79 Å². The molecule has 3 aromatic rings. The van der Waals surface area contributed by atoms with Crippen LogP contribution in [0.1, 0.15) is 10.4 Å². The maximum atomic E-state index is 12.0. The number of hydrogen-bond acceptors (Lipinski definition) is 5. The zero-order valence-electron chi connectivity index (χ0n) is 10.7. The number of aromatic amines is 1. The van der Waals surface area contributed by atoms with Crippen LogP contribution >= 0.6 is 15.9 Å². The lowest BCUT2D eigenvalue weighted by Gasteiger charge is -2.05. The molecule has 0 saturated heterocycles. The van der Waals surface area contributed by atoms with E-state index in [4.69, 9.17) is 4.74 Å². The van der Waals surface area contributed by atoms with Gasteiger partial charge in [0, 0.05) is 10.0 Å². The van der Waals surface area contributed by atoms with E-state index in [-0.39, 0.29) is 0 Å². The van der Waals surface area contributed by atoms with Gasteiger partial charge in [0.15, 0.2) is 0 Å². The molecule has 0 amide bonds. The quantitative estimate of drug-likeness (QED) is 0.583. The molecule has 0 aliphatic heterocycles. The van der Waals surface area contributed by atoms with Crippen molar-refractivity contribution in [3.63, 3.8) is 0 Å². The third-order valence-electron chi connectivity index (χ3n) is 2.73. The van der Waals surface area contributed by atoms with Gasteiger partial charge in [0.05, 0.1) is 5.56 Å². The van der Waals surface area contributed by atoms with E-state index in [1.165, 1.54) is 0 Å². The SMILES string of the molecule is O=C(Oc1cccc(Br)c1)c1ccc(-c2nn[nH]n2)cc1. The lowest BCUT2D eigenvalue weighted by molar-refractivity contribution is 0.0734. The fourth-order valence-electron chi connectivity index (χ4n) is 1.74. The van der Waals surface area contributed by atoms with Crippen molar-refractivity contribution < 1.29 is 9.53 Å². The maximum absolute atomic E-state index is 12.0. The van der Waals surface area contributed by atoms with E-state index >= 15 is 0 Å². The van der Waals surface area contributed by atoms with Gasteiger partial charge in [0.25, 0.3) is 0 Å². The van der Waals surface area contributed by atoms with Crippen LogP contribution in [0.25, 0.3) is 11.4 Å². The Morgan fingerprint density at radius 2 is 1.95 bits per heavy atom. The first-order chi connectivity index (χ1) is 10.2. The molecule has 1 heterocycles. The molecule has 0 spiro atoms. The molecule has 2 aromatic carbocycles. The van der Waals surface area contributed by atoms with Crippen LogP contribution in [0.5, 0.6) is 5.75 Å². The summed E-state index contributed by atoms with van der Waals surface area (Å²) in [7, 11) is 0. The number of nitrogens with zero attached hydrogens (tertiary/aromatic N) is 3. The van der Waals surface area contributed by atoms with E-state index in [1.54, 1.807) is 42.5 Å². The summed E-state index contributed by atoms with van der Waals surface area (Å²) in [5.41, 5.74) is 1.21. The second kappa shape index (κ2) is 5.84. The molecule has 1 N–H and O–H groups in total. The first-order valence-electron chi connectivity index (χ1n) is 6.04. The number of hydrogen-bond donors (Lipinski definition) is 1. The van der Waals surface area contributed by atoms with Crippen LogP contribution < -0.4 is 4.74 Å². The van der Waals surface area contributed by atoms with Crippen molar-refractivity contribution in [2.75, 3.05) is 0 Å². The standard InChI is InChI=1S/C14H9BrN4O2/c15-11-2-1-3-12(8-11)21-14(20)10-6-4-9(5-7-10)13-16-18-19-17-13/h1-8H,(H,16,17,18,19). The van der Waals surface area contributed by atoms with E-state index < -0.39 is 5.97 Å². The molecule has 0 bridgehead atoms. The molecular formula is C14H9BrN4O2. The van der Waals surface area contributed by atoms with Crippen LogP contribution in [0, 0.1) is 0 Å². The zero-order valence-corrected chi connectivity index (χ0v) is 12.2. The molecule has 21 heavy (non-hydrogen) atoms. The number of rotatable bonds is 3. The fraction of sp³-hybridized carbons (Fsp3) is 0. The first-order valence-corrected chi connectivity index (χ1v) is 6.83. The molecular weight excluding hydrogens is 336 g/mol. The molecule has 104 valence electrons. The summed E-state index contributed by atoms with van der Waals surface area (Å²) in [5.74, 6) is 0.534. The summed E-state index contributed by atoms with van der Waals surface area (Å²) in [4.78, 5) is 12.0. The van der Waals surface area contributed by atoms with Gasteiger partial charge < -0.3 is 4.74 Å². The second-order valence-corrected chi connectivity index (χ2v) is 5.08. The van der Waals surface area contributed by atoms with Crippen LogP contribution in [-0.2, 0) is 0 Å². The molecule has 1 aromatic heterocycles. The van der Waals surface area contributed by atoms with Crippen molar-refractivity contribution in [2.45, 2.75) is 0 Å². The average Bonchev–Trinajstić information content (AvgIpc) is 3.01. The molecule has 7 heteroatoms. The molecule has 0 aliphatic rings. The lowest BCUT2D eigenvalue weighted by atomic mass is 10.1. The number of tetrazole rings is 1. The van der Waals surface area contributed by atoms with E-state index in [2.05, 4.69) is 36.6 Å². The van der Waals surface area contributed by atoms with Crippen LogP contribution in [-0.4, -0.2) is 26.6 Å². The number of benzene rings is 2. The number of ether oxygens (including phenoxy) is 1. The Bertz CT molecular complexity index is 757. The number of aromatic nitrogens is 4. The van der Waals surface area contributed by atoms with Crippen molar-refractivity contribution >= 4 is 21.9 Å². The van der Waals surface area contributed by atoms with Gasteiger partial charge in [0.1, 0.15) is 5.75 Å². The Kier molecular flexibility index (Phi) is 3.74. The van der Waals surface area contributed by atoms with Gasteiger partial charge >= 0.3 is 5.97 Å². The van der Waals surface area contributed by atoms with Gasteiger partial charge in [-0.15, -0.1) is 10.2 Å². The van der Waals surface area contributed by atoms with Gasteiger partial charge in [-0.3, -0.25) is 0 Å². The number of carbonyl (C=O) groups excluding carboxylic acids is 1. The molecule has 0 atom stereocenters. The summed E-state index contributed by atoms with van der Waals surface area (Å²) in [5, 5.41) is 13.6. The van der Waals surface area contributed by atoms with Crippen LogP contribution in [0.4, 0.5) is 0 Å². The highest BCUT2D eigenvalue weighted by atomic mass is 79.9. The second-order valence-electron chi connectivity index (χ2n) is 4.16. The maximum Gasteiger partial charge on any atom is 0.343 e. The topological polar surface area (TPSA) is 80.8 Å². The smallest absolute Gasteiger partial charge is 0.343 e. The monoisotopic (exact) mass is 344 g/mol. The van der Waals surface area contributed by atoms with Gasteiger partial charge in [-0.2, -0.15) is 5.21 Å². The highest BCUT2D eigenvalue weighted by Crippen LogP contribution is 2.20.